The SMILES string of the molecule is C.CC.CC.CC(=O)Nc1noc2ncccc12.Nc1noc2ncccc12. The maximum Gasteiger partial charge on any atom is 0.259 e. The second kappa shape index (κ2) is 12.8. The standard InChI is InChI=1S/C8H7N3O2.C6H5N3O.2C2H6.CH4/c1-5(12)10-7-6-3-2-4-9-8(6)13-11-7;7-5-4-2-1-3-8-6(4)10-9-5;2*1-2;/h2-4H,1H3,(H,10,11,12);1-3H,(H2,7,9);2*1-2H3;1H4. The second-order valence-corrected chi connectivity index (χ2v) is 4.49. The molecular formula is C19H28N6O3. The fraction of sp³-hybridized carbons (Fsp3) is 0.316. The molecule has 0 saturated carbocycles. The highest BCUT2D eigenvalue weighted by Gasteiger charge is 2.08. The summed E-state index contributed by atoms with van der Waals surface area (Å²) in [5.41, 5.74) is 6.34. The summed E-state index contributed by atoms with van der Waals surface area (Å²) in [6.07, 6.45) is 3.23. The van der Waals surface area contributed by atoms with Gasteiger partial charge < -0.3 is 20.1 Å². The smallest absolute Gasteiger partial charge is 0.259 e. The summed E-state index contributed by atoms with van der Waals surface area (Å²) in [5, 5.41) is 11.2. The summed E-state index contributed by atoms with van der Waals surface area (Å²) in [5.74, 6) is 0.623. The lowest BCUT2D eigenvalue weighted by Crippen LogP contribution is -2.05. The van der Waals surface area contributed by atoms with Crippen LogP contribution in [0.4, 0.5) is 11.6 Å². The Balaban J connectivity index is 0.000000438. The lowest BCUT2D eigenvalue weighted by molar-refractivity contribution is -0.114. The summed E-state index contributed by atoms with van der Waals surface area (Å²) >= 11 is 0. The minimum atomic E-state index is -0.181. The van der Waals surface area contributed by atoms with E-state index in [1.807, 2.05) is 33.8 Å². The fourth-order valence-corrected chi connectivity index (χ4v) is 1.84. The van der Waals surface area contributed by atoms with Gasteiger partial charge in [0.1, 0.15) is 0 Å². The Bertz CT molecular complexity index is 964. The highest BCUT2D eigenvalue weighted by atomic mass is 16.5. The molecule has 0 unspecified atom stereocenters. The zero-order valence-electron chi connectivity index (χ0n) is 16.1. The lowest BCUT2D eigenvalue weighted by atomic mass is 10.3. The van der Waals surface area contributed by atoms with Crippen molar-refractivity contribution in [2.45, 2.75) is 42.0 Å². The number of nitrogen functional groups attached to an aromatic ring is 1. The van der Waals surface area contributed by atoms with Gasteiger partial charge in [0.15, 0.2) is 11.6 Å². The van der Waals surface area contributed by atoms with Crippen molar-refractivity contribution in [2.24, 2.45) is 0 Å². The molecule has 0 atom stereocenters. The maximum absolute atomic E-state index is 10.7. The summed E-state index contributed by atoms with van der Waals surface area (Å²) in [6.45, 7) is 9.41. The van der Waals surface area contributed by atoms with E-state index >= 15 is 0 Å². The van der Waals surface area contributed by atoms with Crippen LogP contribution in [0.25, 0.3) is 22.2 Å². The van der Waals surface area contributed by atoms with Crippen molar-refractivity contribution in [3.05, 3.63) is 36.7 Å². The van der Waals surface area contributed by atoms with E-state index in [-0.39, 0.29) is 13.3 Å². The number of nitrogens with one attached hydrogen (secondary N) is 1. The number of hydrogen-bond acceptors (Lipinski definition) is 8. The molecular weight excluding hydrogens is 360 g/mol. The number of amides is 1. The largest absolute Gasteiger partial charge is 0.380 e. The molecule has 0 fully saturated rings. The molecule has 0 aromatic carbocycles. The average molecular weight is 388 g/mol. The number of fused-ring (bicyclic) bond motifs is 2. The first-order valence-corrected chi connectivity index (χ1v) is 8.59. The van der Waals surface area contributed by atoms with E-state index in [0.717, 1.165) is 5.39 Å². The normalized spacial score (nSPS) is 8.89. The quantitative estimate of drug-likeness (QED) is 0.480. The predicted octanol–water partition coefficient (Wildman–Crippen LogP) is 4.67. The molecule has 1 amide bonds. The molecule has 0 bridgehead atoms. The summed E-state index contributed by atoms with van der Waals surface area (Å²) in [4.78, 5) is 18.6. The molecule has 4 rings (SSSR count). The van der Waals surface area contributed by atoms with Gasteiger partial charge in [-0.05, 0) is 24.3 Å². The number of carbonyl (C=O) groups is 1. The van der Waals surface area contributed by atoms with Crippen LogP contribution in [0.1, 0.15) is 42.0 Å². The summed E-state index contributed by atoms with van der Waals surface area (Å²) in [7, 11) is 0. The Morgan fingerprint density at radius 2 is 1.43 bits per heavy atom. The van der Waals surface area contributed by atoms with Crippen molar-refractivity contribution < 1.29 is 13.8 Å². The van der Waals surface area contributed by atoms with Crippen LogP contribution < -0.4 is 11.1 Å². The zero-order valence-corrected chi connectivity index (χ0v) is 16.1. The van der Waals surface area contributed by atoms with Crippen LogP contribution in [-0.4, -0.2) is 26.2 Å². The van der Waals surface area contributed by atoms with Crippen LogP contribution in [0, 0.1) is 0 Å². The van der Waals surface area contributed by atoms with Gasteiger partial charge >= 0.3 is 0 Å². The monoisotopic (exact) mass is 388 g/mol. The Kier molecular flexibility index (Phi) is 11.2. The van der Waals surface area contributed by atoms with Crippen molar-refractivity contribution in [3.8, 4) is 0 Å². The minimum Gasteiger partial charge on any atom is -0.380 e. The van der Waals surface area contributed by atoms with E-state index < -0.39 is 0 Å². The van der Waals surface area contributed by atoms with Crippen molar-refractivity contribution >= 4 is 39.7 Å². The number of rotatable bonds is 1. The third-order valence-electron chi connectivity index (χ3n) is 2.82. The van der Waals surface area contributed by atoms with Gasteiger partial charge in [0.2, 0.25) is 5.91 Å². The third kappa shape index (κ3) is 6.35. The molecule has 152 valence electrons. The molecule has 9 heteroatoms. The molecule has 0 saturated heterocycles. The van der Waals surface area contributed by atoms with E-state index in [1.54, 1.807) is 30.6 Å². The number of aromatic nitrogens is 4. The Hall–Kier alpha value is -3.49. The van der Waals surface area contributed by atoms with Crippen LogP contribution in [-0.2, 0) is 4.79 Å². The van der Waals surface area contributed by atoms with E-state index in [4.69, 9.17) is 14.8 Å². The molecule has 0 radical (unpaired) electrons. The topological polar surface area (TPSA) is 133 Å². The van der Waals surface area contributed by atoms with E-state index in [1.165, 1.54) is 6.92 Å². The van der Waals surface area contributed by atoms with Gasteiger partial charge in [-0.1, -0.05) is 45.4 Å². The Morgan fingerprint density at radius 3 is 1.96 bits per heavy atom. The number of carbonyl (C=O) groups excluding carboxylic acids is 1. The van der Waals surface area contributed by atoms with Crippen molar-refractivity contribution in [3.63, 3.8) is 0 Å². The van der Waals surface area contributed by atoms with Crippen molar-refractivity contribution in [2.75, 3.05) is 11.1 Å². The highest BCUT2D eigenvalue weighted by molar-refractivity contribution is 5.96. The number of anilines is 2. The molecule has 0 aliphatic heterocycles. The number of nitrogens with two attached hydrogens (primary N) is 1. The van der Waals surface area contributed by atoms with Gasteiger partial charge in [-0.25, -0.2) is 9.97 Å². The third-order valence-corrected chi connectivity index (χ3v) is 2.82. The van der Waals surface area contributed by atoms with Gasteiger partial charge in [0, 0.05) is 19.3 Å². The van der Waals surface area contributed by atoms with E-state index in [2.05, 4.69) is 25.6 Å². The molecule has 3 N–H and O–H groups in total. The molecule has 28 heavy (non-hydrogen) atoms. The predicted molar refractivity (Wildman–Crippen MR) is 112 cm³/mol. The van der Waals surface area contributed by atoms with Crippen LogP contribution in [0.2, 0.25) is 0 Å². The maximum atomic E-state index is 10.7. The van der Waals surface area contributed by atoms with Crippen molar-refractivity contribution in [1.82, 2.24) is 20.3 Å². The Morgan fingerprint density at radius 1 is 0.929 bits per heavy atom. The number of pyridine rings is 2. The van der Waals surface area contributed by atoms with Gasteiger partial charge in [-0.2, -0.15) is 0 Å². The minimum absolute atomic E-state index is 0. The molecule has 4 aromatic rings. The van der Waals surface area contributed by atoms with Gasteiger partial charge in [-0.15, -0.1) is 0 Å². The second-order valence-electron chi connectivity index (χ2n) is 4.49. The Labute approximate surface area is 164 Å². The van der Waals surface area contributed by atoms with Crippen LogP contribution in [0.3, 0.4) is 0 Å². The molecule has 4 heterocycles. The lowest BCUT2D eigenvalue weighted by Gasteiger charge is -1.93. The summed E-state index contributed by atoms with van der Waals surface area (Å²) in [6, 6.07) is 7.14. The molecule has 4 aromatic heterocycles. The summed E-state index contributed by atoms with van der Waals surface area (Å²) < 4.78 is 9.64. The zero-order chi connectivity index (χ0) is 20.2. The molecule has 0 spiro atoms. The number of nitrogens with zero attached hydrogens (tertiary/aromatic N) is 4. The van der Waals surface area contributed by atoms with Gasteiger partial charge in [0.05, 0.1) is 10.8 Å². The molecule has 0 aliphatic rings. The first-order valence-electron chi connectivity index (χ1n) is 8.59. The van der Waals surface area contributed by atoms with Crippen LogP contribution in [0.5, 0.6) is 0 Å². The average Bonchev–Trinajstić information content (AvgIpc) is 3.30. The van der Waals surface area contributed by atoms with Crippen LogP contribution >= 0.6 is 0 Å². The van der Waals surface area contributed by atoms with E-state index in [9.17, 15) is 4.79 Å². The van der Waals surface area contributed by atoms with Gasteiger partial charge in [-0.3, -0.25) is 4.79 Å². The van der Waals surface area contributed by atoms with Crippen LogP contribution in [0.15, 0.2) is 45.7 Å². The van der Waals surface area contributed by atoms with E-state index in [0.29, 0.717) is 28.4 Å². The molecule has 0 aliphatic carbocycles. The number of hydrogen-bond donors (Lipinski definition) is 2. The van der Waals surface area contributed by atoms with Gasteiger partial charge in [0.25, 0.3) is 11.4 Å². The highest BCUT2D eigenvalue weighted by Crippen LogP contribution is 2.19. The fourth-order valence-electron chi connectivity index (χ4n) is 1.84. The first kappa shape index (κ1) is 24.5. The van der Waals surface area contributed by atoms with Crippen molar-refractivity contribution in [1.29, 1.82) is 0 Å². The molecule has 9 nitrogen and oxygen atoms in total. The first-order chi connectivity index (χ1) is 13.1.